The number of piperazine rings is 1. The lowest BCUT2D eigenvalue weighted by Crippen LogP contribution is -2.56. The molecule has 22 heavy (non-hydrogen) atoms. The zero-order valence-corrected chi connectivity index (χ0v) is 13.4. The third-order valence-electron chi connectivity index (χ3n) is 4.61. The molecule has 3 rings (SSSR count). The summed E-state index contributed by atoms with van der Waals surface area (Å²) in [5, 5.41) is 0. The summed E-state index contributed by atoms with van der Waals surface area (Å²) in [6.07, 6.45) is 2.17. The van der Waals surface area contributed by atoms with Crippen LogP contribution in [0.2, 0.25) is 0 Å². The minimum Gasteiger partial charge on any atom is -0.366 e. The lowest BCUT2D eigenvalue weighted by molar-refractivity contribution is 0.1000. The maximum absolute atomic E-state index is 12.9. The second-order valence-electron chi connectivity index (χ2n) is 6.11. The molecule has 2 N–H and O–H groups in total. The summed E-state index contributed by atoms with van der Waals surface area (Å²) < 4.78 is 27.4. The first-order chi connectivity index (χ1) is 10.4. The van der Waals surface area contributed by atoms with Gasteiger partial charge < -0.3 is 5.73 Å². The number of carbonyl (C=O) groups is 1. The van der Waals surface area contributed by atoms with Gasteiger partial charge >= 0.3 is 0 Å². The molecule has 120 valence electrons. The van der Waals surface area contributed by atoms with Crippen LogP contribution in [0.25, 0.3) is 0 Å². The molecule has 6 nitrogen and oxygen atoms in total. The van der Waals surface area contributed by atoms with Crippen LogP contribution < -0.4 is 5.73 Å². The summed E-state index contributed by atoms with van der Waals surface area (Å²) >= 11 is 0. The Morgan fingerprint density at radius 1 is 1.32 bits per heavy atom. The van der Waals surface area contributed by atoms with Crippen molar-refractivity contribution >= 4 is 15.9 Å². The molecule has 2 heterocycles. The number of fused-ring (bicyclic) bond motifs is 1. The van der Waals surface area contributed by atoms with E-state index >= 15 is 0 Å². The number of hydrogen-bond donors (Lipinski definition) is 1. The molecule has 0 aliphatic carbocycles. The van der Waals surface area contributed by atoms with Gasteiger partial charge in [0.15, 0.2) is 0 Å². The molecule has 2 saturated heterocycles. The maximum atomic E-state index is 12.9. The van der Waals surface area contributed by atoms with Crippen LogP contribution >= 0.6 is 0 Å². The minimum absolute atomic E-state index is 0.0726. The molecule has 2 fully saturated rings. The molecule has 0 radical (unpaired) electrons. The summed E-state index contributed by atoms with van der Waals surface area (Å²) in [7, 11) is -3.61. The highest BCUT2D eigenvalue weighted by molar-refractivity contribution is 7.89. The normalized spacial score (nSPS) is 26.8. The highest BCUT2D eigenvalue weighted by atomic mass is 32.2. The molecular weight excluding hydrogens is 302 g/mol. The van der Waals surface area contributed by atoms with Crippen molar-refractivity contribution in [2.24, 2.45) is 5.73 Å². The molecule has 2 aliphatic rings. The Kier molecular flexibility index (Phi) is 3.96. The fraction of sp³-hybridized carbons (Fsp3) is 0.533. The van der Waals surface area contributed by atoms with Gasteiger partial charge in [0.05, 0.1) is 4.90 Å². The van der Waals surface area contributed by atoms with Gasteiger partial charge in [-0.05, 0) is 44.5 Å². The van der Waals surface area contributed by atoms with Gasteiger partial charge in [0.1, 0.15) is 0 Å². The second kappa shape index (κ2) is 5.64. The highest BCUT2D eigenvalue weighted by Crippen LogP contribution is 2.29. The summed E-state index contributed by atoms with van der Waals surface area (Å²) in [5.74, 6) is -0.620. The molecule has 0 unspecified atom stereocenters. The van der Waals surface area contributed by atoms with Crippen molar-refractivity contribution in [1.29, 1.82) is 0 Å². The molecular formula is C15H21N3O3S. The van der Waals surface area contributed by atoms with Gasteiger partial charge in [0.25, 0.3) is 0 Å². The van der Waals surface area contributed by atoms with Crippen molar-refractivity contribution in [1.82, 2.24) is 9.21 Å². The minimum atomic E-state index is -3.61. The van der Waals surface area contributed by atoms with Crippen molar-refractivity contribution in [3.8, 4) is 0 Å². The van der Waals surface area contributed by atoms with Gasteiger partial charge in [-0.25, -0.2) is 8.42 Å². The fourth-order valence-corrected chi connectivity index (χ4v) is 5.15. The van der Waals surface area contributed by atoms with Gasteiger partial charge in [-0.1, -0.05) is 6.07 Å². The van der Waals surface area contributed by atoms with Crippen molar-refractivity contribution in [3.05, 3.63) is 29.8 Å². The van der Waals surface area contributed by atoms with Crippen LogP contribution in [0, 0.1) is 0 Å². The molecule has 7 heteroatoms. The van der Waals surface area contributed by atoms with E-state index in [4.69, 9.17) is 5.73 Å². The molecule has 2 aliphatic heterocycles. The first-order valence-corrected chi connectivity index (χ1v) is 8.99. The first-order valence-electron chi connectivity index (χ1n) is 7.55. The SMILES string of the molecule is C[C@@H]1CN2CCC[C@H]2CN1S(=O)(=O)c1cccc(C(N)=O)c1. The van der Waals surface area contributed by atoms with Crippen molar-refractivity contribution in [3.63, 3.8) is 0 Å². The van der Waals surface area contributed by atoms with Crippen LogP contribution in [0.4, 0.5) is 0 Å². The van der Waals surface area contributed by atoms with Gasteiger partial charge in [-0.3, -0.25) is 9.69 Å². The van der Waals surface area contributed by atoms with Crippen LogP contribution in [0.15, 0.2) is 29.2 Å². The zero-order chi connectivity index (χ0) is 15.9. The standard InChI is InChI=1S/C15H21N3O3S/c1-11-9-17-7-3-5-13(17)10-18(11)22(20,21)14-6-2-4-12(8-14)15(16)19/h2,4,6,8,11,13H,3,5,7,9-10H2,1H3,(H2,16,19)/t11-,13+/m1/s1. The van der Waals surface area contributed by atoms with Gasteiger partial charge in [-0.15, -0.1) is 0 Å². The molecule has 0 saturated carbocycles. The number of carbonyl (C=O) groups excluding carboxylic acids is 1. The van der Waals surface area contributed by atoms with Gasteiger partial charge in [-0.2, -0.15) is 4.31 Å². The van der Waals surface area contributed by atoms with Crippen LogP contribution in [0.5, 0.6) is 0 Å². The van der Waals surface area contributed by atoms with Gasteiger partial charge in [0.2, 0.25) is 15.9 Å². The van der Waals surface area contributed by atoms with Crippen LogP contribution in [-0.2, 0) is 10.0 Å². The number of benzene rings is 1. The Labute approximate surface area is 130 Å². The average molecular weight is 323 g/mol. The quantitative estimate of drug-likeness (QED) is 0.885. The average Bonchev–Trinajstić information content (AvgIpc) is 2.93. The largest absolute Gasteiger partial charge is 0.366 e. The molecule has 1 amide bonds. The van der Waals surface area contributed by atoms with E-state index in [1.807, 2.05) is 6.92 Å². The third kappa shape index (κ3) is 2.64. The summed E-state index contributed by atoms with van der Waals surface area (Å²) in [4.78, 5) is 13.8. The topological polar surface area (TPSA) is 83.7 Å². The molecule has 0 aromatic heterocycles. The highest BCUT2D eigenvalue weighted by Gasteiger charge is 2.40. The first kappa shape index (κ1) is 15.5. The number of primary amides is 1. The van der Waals surface area contributed by atoms with E-state index in [1.54, 1.807) is 10.4 Å². The van der Waals surface area contributed by atoms with E-state index in [0.717, 1.165) is 25.9 Å². The number of sulfonamides is 1. The Balaban J connectivity index is 1.92. The lowest BCUT2D eigenvalue weighted by Gasteiger charge is -2.41. The number of hydrogen-bond acceptors (Lipinski definition) is 4. The predicted molar refractivity (Wildman–Crippen MR) is 82.9 cm³/mol. The summed E-state index contributed by atoms with van der Waals surface area (Å²) in [5.41, 5.74) is 5.46. The number of nitrogens with zero attached hydrogens (tertiary/aromatic N) is 2. The van der Waals surface area contributed by atoms with E-state index in [2.05, 4.69) is 4.90 Å². The fourth-order valence-electron chi connectivity index (χ4n) is 3.44. The number of amides is 1. The van der Waals surface area contributed by atoms with E-state index in [0.29, 0.717) is 12.6 Å². The third-order valence-corrected chi connectivity index (χ3v) is 6.58. The molecule has 0 spiro atoms. The van der Waals surface area contributed by atoms with Crippen molar-refractivity contribution in [2.45, 2.75) is 36.7 Å². The smallest absolute Gasteiger partial charge is 0.248 e. The van der Waals surface area contributed by atoms with Crippen molar-refractivity contribution in [2.75, 3.05) is 19.6 Å². The molecule has 0 bridgehead atoms. The van der Waals surface area contributed by atoms with Crippen LogP contribution in [0.3, 0.4) is 0 Å². The van der Waals surface area contributed by atoms with E-state index in [1.165, 1.54) is 18.2 Å². The lowest BCUT2D eigenvalue weighted by atomic mass is 10.1. The molecule has 2 atom stereocenters. The summed E-state index contributed by atoms with van der Waals surface area (Å²) in [6, 6.07) is 6.21. The van der Waals surface area contributed by atoms with Crippen LogP contribution in [0.1, 0.15) is 30.1 Å². The van der Waals surface area contributed by atoms with Gasteiger partial charge in [0, 0.05) is 30.7 Å². The number of nitrogens with two attached hydrogens (primary N) is 1. The Morgan fingerprint density at radius 3 is 2.82 bits per heavy atom. The predicted octanol–water partition coefficient (Wildman–Crippen LogP) is 0.643. The molecule has 1 aromatic carbocycles. The van der Waals surface area contributed by atoms with E-state index in [9.17, 15) is 13.2 Å². The molecule has 1 aromatic rings. The van der Waals surface area contributed by atoms with E-state index in [-0.39, 0.29) is 16.5 Å². The summed E-state index contributed by atoms with van der Waals surface area (Å²) in [6.45, 7) is 4.27. The van der Waals surface area contributed by atoms with Crippen LogP contribution in [-0.4, -0.2) is 55.2 Å². The second-order valence-corrected chi connectivity index (χ2v) is 8.00. The number of rotatable bonds is 3. The van der Waals surface area contributed by atoms with E-state index < -0.39 is 15.9 Å². The Hall–Kier alpha value is -1.44. The van der Waals surface area contributed by atoms with Crippen molar-refractivity contribution < 1.29 is 13.2 Å². The monoisotopic (exact) mass is 323 g/mol. The Morgan fingerprint density at radius 2 is 2.09 bits per heavy atom. The zero-order valence-electron chi connectivity index (χ0n) is 12.6. The maximum Gasteiger partial charge on any atom is 0.248 e. The Bertz CT molecular complexity index is 689.